The normalized spacial score (nSPS) is 23.6. The van der Waals surface area contributed by atoms with Gasteiger partial charge in [0.1, 0.15) is 0 Å². The Morgan fingerprint density at radius 2 is 2.32 bits per heavy atom. The summed E-state index contributed by atoms with van der Waals surface area (Å²) in [4.78, 5) is 6.59. The summed E-state index contributed by atoms with van der Waals surface area (Å²) in [5.74, 6) is 0. The zero-order chi connectivity index (χ0) is 13.7. The molecule has 2 heterocycles. The molecule has 0 bridgehead atoms. The maximum Gasteiger partial charge on any atom is 0.0386 e. The first-order valence-electron chi connectivity index (χ1n) is 7.44. The lowest BCUT2D eigenvalue weighted by molar-refractivity contribution is 0.0883. The van der Waals surface area contributed by atoms with Gasteiger partial charge in [-0.05, 0) is 31.8 Å². The summed E-state index contributed by atoms with van der Waals surface area (Å²) in [6.07, 6.45) is 0. The van der Waals surface area contributed by atoms with Gasteiger partial charge in [0, 0.05) is 49.7 Å². The minimum atomic E-state index is 0.481. The summed E-state index contributed by atoms with van der Waals surface area (Å²) in [7, 11) is 0. The molecule has 1 aliphatic heterocycles. The molecule has 1 aromatic heterocycles. The lowest BCUT2D eigenvalue weighted by atomic mass is 10.2. The van der Waals surface area contributed by atoms with Crippen molar-refractivity contribution in [1.29, 1.82) is 0 Å². The molecule has 0 saturated carbocycles. The molecule has 2 rings (SSSR count). The number of nitrogens with one attached hydrogen (secondary N) is 1. The Bertz CT molecular complexity index is 352. The van der Waals surface area contributed by atoms with Gasteiger partial charge in [-0.2, -0.15) is 0 Å². The van der Waals surface area contributed by atoms with Crippen molar-refractivity contribution >= 4 is 11.3 Å². The molecule has 0 aliphatic carbocycles. The largest absolute Gasteiger partial charge is 0.308 e. The van der Waals surface area contributed by atoms with Crippen molar-refractivity contribution in [3.63, 3.8) is 0 Å². The summed E-state index contributed by atoms with van der Waals surface area (Å²) >= 11 is 1.84. The highest BCUT2D eigenvalue weighted by Gasteiger charge is 2.21. The topological polar surface area (TPSA) is 18.5 Å². The van der Waals surface area contributed by atoms with Crippen molar-refractivity contribution < 1.29 is 0 Å². The maximum absolute atomic E-state index is 3.63. The Morgan fingerprint density at radius 3 is 2.95 bits per heavy atom. The van der Waals surface area contributed by atoms with Crippen LogP contribution in [-0.2, 0) is 0 Å². The van der Waals surface area contributed by atoms with E-state index < -0.39 is 0 Å². The fourth-order valence-electron chi connectivity index (χ4n) is 2.82. The standard InChI is InChI=1S/C15H27N3S/c1-4-18-10-9-17(12-13(18)2)8-7-16-14(3)15-6-5-11-19-15/h5-6,11,13-14,16H,4,7-10,12H2,1-3H3. The van der Waals surface area contributed by atoms with E-state index in [4.69, 9.17) is 0 Å². The van der Waals surface area contributed by atoms with E-state index in [1.54, 1.807) is 0 Å². The van der Waals surface area contributed by atoms with Crippen LogP contribution >= 0.6 is 11.3 Å². The molecule has 1 fully saturated rings. The molecule has 0 aromatic carbocycles. The molecule has 0 spiro atoms. The average molecular weight is 281 g/mol. The van der Waals surface area contributed by atoms with Crippen LogP contribution in [0.4, 0.5) is 0 Å². The number of nitrogens with zero attached hydrogens (tertiary/aromatic N) is 2. The number of hydrogen-bond donors (Lipinski definition) is 1. The highest BCUT2D eigenvalue weighted by Crippen LogP contribution is 2.17. The Morgan fingerprint density at radius 1 is 1.47 bits per heavy atom. The van der Waals surface area contributed by atoms with Crippen LogP contribution in [0.5, 0.6) is 0 Å². The van der Waals surface area contributed by atoms with Crippen LogP contribution in [0.2, 0.25) is 0 Å². The van der Waals surface area contributed by atoms with Gasteiger partial charge in [0.05, 0.1) is 0 Å². The number of hydrogen-bond acceptors (Lipinski definition) is 4. The zero-order valence-corrected chi connectivity index (χ0v) is 13.2. The molecule has 19 heavy (non-hydrogen) atoms. The number of thiophene rings is 1. The fourth-order valence-corrected chi connectivity index (χ4v) is 3.58. The quantitative estimate of drug-likeness (QED) is 0.864. The summed E-state index contributed by atoms with van der Waals surface area (Å²) < 4.78 is 0. The van der Waals surface area contributed by atoms with Gasteiger partial charge >= 0.3 is 0 Å². The maximum atomic E-state index is 3.63. The number of rotatable bonds is 6. The fraction of sp³-hybridized carbons (Fsp3) is 0.733. The third-order valence-corrected chi connectivity index (χ3v) is 5.16. The average Bonchev–Trinajstić information content (AvgIpc) is 2.93. The summed E-state index contributed by atoms with van der Waals surface area (Å²) in [5.41, 5.74) is 0. The van der Waals surface area contributed by atoms with Crippen molar-refractivity contribution in [2.24, 2.45) is 0 Å². The number of piperazine rings is 1. The minimum absolute atomic E-state index is 0.481. The van der Waals surface area contributed by atoms with Crippen LogP contribution in [0.3, 0.4) is 0 Å². The molecule has 2 atom stereocenters. The highest BCUT2D eigenvalue weighted by atomic mass is 32.1. The van der Waals surface area contributed by atoms with Crippen LogP contribution in [0.1, 0.15) is 31.7 Å². The van der Waals surface area contributed by atoms with E-state index in [1.165, 1.54) is 31.1 Å². The molecule has 0 radical (unpaired) electrons. The van der Waals surface area contributed by atoms with E-state index in [0.717, 1.165) is 13.1 Å². The zero-order valence-electron chi connectivity index (χ0n) is 12.4. The van der Waals surface area contributed by atoms with Gasteiger partial charge < -0.3 is 5.32 Å². The molecule has 1 aliphatic rings. The van der Waals surface area contributed by atoms with E-state index in [1.807, 2.05) is 11.3 Å². The van der Waals surface area contributed by atoms with Crippen LogP contribution in [-0.4, -0.2) is 55.1 Å². The third-order valence-electron chi connectivity index (χ3n) is 4.10. The first-order valence-corrected chi connectivity index (χ1v) is 8.32. The van der Waals surface area contributed by atoms with E-state index in [2.05, 4.69) is 53.4 Å². The van der Waals surface area contributed by atoms with Crippen molar-refractivity contribution in [3.05, 3.63) is 22.4 Å². The van der Waals surface area contributed by atoms with Crippen LogP contribution in [0.15, 0.2) is 17.5 Å². The van der Waals surface area contributed by atoms with Gasteiger partial charge in [0.25, 0.3) is 0 Å². The monoisotopic (exact) mass is 281 g/mol. The van der Waals surface area contributed by atoms with Crippen molar-refractivity contribution in [3.8, 4) is 0 Å². The van der Waals surface area contributed by atoms with E-state index in [0.29, 0.717) is 12.1 Å². The van der Waals surface area contributed by atoms with Crippen LogP contribution in [0, 0.1) is 0 Å². The van der Waals surface area contributed by atoms with Gasteiger partial charge in [-0.3, -0.25) is 9.80 Å². The lowest BCUT2D eigenvalue weighted by Crippen LogP contribution is -2.52. The summed E-state index contributed by atoms with van der Waals surface area (Å²) in [5, 5.41) is 5.78. The van der Waals surface area contributed by atoms with Gasteiger partial charge in [-0.1, -0.05) is 13.0 Å². The van der Waals surface area contributed by atoms with Gasteiger partial charge in [-0.15, -0.1) is 11.3 Å². The lowest BCUT2D eigenvalue weighted by Gasteiger charge is -2.39. The Hall–Kier alpha value is -0.420. The molecule has 2 unspecified atom stereocenters. The predicted molar refractivity (Wildman–Crippen MR) is 83.9 cm³/mol. The van der Waals surface area contributed by atoms with Crippen LogP contribution in [0.25, 0.3) is 0 Å². The van der Waals surface area contributed by atoms with Crippen molar-refractivity contribution in [2.45, 2.75) is 32.9 Å². The summed E-state index contributed by atoms with van der Waals surface area (Å²) in [6.45, 7) is 13.9. The first-order chi connectivity index (χ1) is 9.20. The second-order valence-corrected chi connectivity index (χ2v) is 6.45. The Kier molecular flexibility index (Phi) is 5.82. The van der Waals surface area contributed by atoms with Gasteiger partial charge in [0.15, 0.2) is 0 Å². The molecule has 108 valence electrons. The van der Waals surface area contributed by atoms with E-state index in [-0.39, 0.29) is 0 Å². The second-order valence-electron chi connectivity index (χ2n) is 5.47. The second kappa shape index (κ2) is 7.39. The Balaban J connectivity index is 1.66. The van der Waals surface area contributed by atoms with Gasteiger partial charge in [0.2, 0.25) is 0 Å². The molecule has 3 nitrogen and oxygen atoms in total. The van der Waals surface area contributed by atoms with E-state index in [9.17, 15) is 0 Å². The Labute approximate surface area is 121 Å². The molecule has 0 amide bonds. The summed E-state index contributed by atoms with van der Waals surface area (Å²) in [6, 6.07) is 5.52. The highest BCUT2D eigenvalue weighted by molar-refractivity contribution is 7.10. The predicted octanol–water partition coefficient (Wildman–Crippen LogP) is 2.42. The number of likely N-dealkylation sites (N-methyl/N-ethyl adjacent to an activating group) is 1. The third kappa shape index (κ3) is 4.28. The molecular formula is C15H27N3S. The molecule has 1 saturated heterocycles. The smallest absolute Gasteiger partial charge is 0.0386 e. The van der Waals surface area contributed by atoms with Crippen molar-refractivity contribution in [1.82, 2.24) is 15.1 Å². The first kappa shape index (κ1) is 15.0. The van der Waals surface area contributed by atoms with Gasteiger partial charge in [-0.25, -0.2) is 0 Å². The minimum Gasteiger partial charge on any atom is -0.308 e. The molecule has 4 heteroatoms. The van der Waals surface area contributed by atoms with Crippen LogP contribution < -0.4 is 5.32 Å². The van der Waals surface area contributed by atoms with E-state index >= 15 is 0 Å². The SMILES string of the molecule is CCN1CCN(CCNC(C)c2cccs2)CC1C. The van der Waals surface area contributed by atoms with Crippen molar-refractivity contribution in [2.75, 3.05) is 39.3 Å². The molecule has 1 aromatic rings. The molecule has 1 N–H and O–H groups in total. The molecular weight excluding hydrogens is 254 g/mol.